The number of nitrogens with zero attached hydrogens (tertiary/aromatic N) is 1. The molecule has 1 fully saturated rings. The molecule has 0 amide bonds. The molecule has 1 heterocycles. The third kappa shape index (κ3) is 4.70. The quantitative estimate of drug-likeness (QED) is 0.872. The van der Waals surface area contributed by atoms with Crippen molar-refractivity contribution in [1.82, 2.24) is 4.90 Å². The van der Waals surface area contributed by atoms with Gasteiger partial charge in [-0.1, -0.05) is 12.1 Å². The van der Waals surface area contributed by atoms with Gasteiger partial charge in [-0.15, -0.1) is 0 Å². The van der Waals surface area contributed by atoms with E-state index in [0.29, 0.717) is 6.04 Å². The molecule has 2 rings (SSSR count). The normalized spacial score (nSPS) is 22.8. The summed E-state index contributed by atoms with van der Waals surface area (Å²) >= 11 is 0. The van der Waals surface area contributed by atoms with Crippen molar-refractivity contribution < 1.29 is 9.47 Å². The van der Waals surface area contributed by atoms with E-state index in [1.807, 2.05) is 19.1 Å². The lowest BCUT2D eigenvalue weighted by atomic mass is 10.0. The molecule has 3 unspecified atom stereocenters. The van der Waals surface area contributed by atoms with Gasteiger partial charge >= 0.3 is 0 Å². The molecule has 3 atom stereocenters. The molecular formula is C17H28N2O2. The largest absolute Gasteiger partial charge is 0.497 e. The fourth-order valence-corrected chi connectivity index (χ4v) is 2.77. The minimum Gasteiger partial charge on any atom is -0.497 e. The Kier molecular flexibility index (Phi) is 6.03. The first-order chi connectivity index (χ1) is 10.1. The minimum absolute atomic E-state index is 0.0987. The lowest BCUT2D eigenvalue weighted by Crippen LogP contribution is -2.52. The Balaban J connectivity index is 1.81. The van der Waals surface area contributed by atoms with Crippen LogP contribution in [-0.4, -0.2) is 49.9 Å². The molecule has 4 heteroatoms. The van der Waals surface area contributed by atoms with Crippen molar-refractivity contribution in [2.45, 2.75) is 44.9 Å². The molecule has 4 nitrogen and oxygen atoms in total. The third-order valence-electron chi connectivity index (χ3n) is 4.34. The number of rotatable bonds is 6. The summed E-state index contributed by atoms with van der Waals surface area (Å²) in [6.45, 7) is 7.07. The molecule has 0 aromatic heterocycles. The lowest BCUT2D eigenvalue weighted by Gasteiger charge is -2.38. The topological polar surface area (TPSA) is 47.7 Å². The molecule has 1 saturated heterocycles. The maximum atomic E-state index is 5.96. The van der Waals surface area contributed by atoms with Crippen LogP contribution in [0, 0.1) is 0 Å². The van der Waals surface area contributed by atoms with Gasteiger partial charge in [-0.3, -0.25) is 4.90 Å². The number of methoxy groups -OCH3 is 1. The van der Waals surface area contributed by atoms with E-state index in [9.17, 15) is 0 Å². The van der Waals surface area contributed by atoms with Gasteiger partial charge in [-0.25, -0.2) is 0 Å². The second-order valence-electron chi connectivity index (χ2n) is 6.00. The van der Waals surface area contributed by atoms with Crippen LogP contribution in [0.15, 0.2) is 24.3 Å². The smallest absolute Gasteiger partial charge is 0.118 e. The number of hydrogen-bond donors (Lipinski definition) is 1. The molecule has 21 heavy (non-hydrogen) atoms. The molecule has 1 aliphatic rings. The van der Waals surface area contributed by atoms with Crippen molar-refractivity contribution in [3.63, 3.8) is 0 Å². The first kappa shape index (κ1) is 16.3. The van der Waals surface area contributed by atoms with Crippen molar-refractivity contribution in [3.05, 3.63) is 29.8 Å². The number of nitrogens with two attached hydrogens (primary N) is 1. The summed E-state index contributed by atoms with van der Waals surface area (Å²) in [5, 5.41) is 0. The van der Waals surface area contributed by atoms with E-state index in [0.717, 1.165) is 38.3 Å². The highest BCUT2D eigenvalue weighted by molar-refractivity contribution is 5.27. The molecular weight excluding hydrogens is 264 g/mol. The number of ether oxygens (including phenoxy) is 2. The predicted molar refractivity (Wildman–Crippen MR) is 85.7 cm³/mol. The van der Waals surface area contributed by atoms with Crippen LogP contribution >= 0.6 is 0 Å². The Morgan fingerprint density at radius 3 is 2.67 bits per heavy atom. The molecule has 118 valence electrons. The van der Waals surface area contributed by atoms with E-state index in [1.165, 1.54) is 5.56 Å². The zero-order valence-corrected chi connectivity index (χ0v) is 13.4. The molecule has 1 aromatic rings. The Morgan fingerprint density at radius 2 is 2.05 bits per heavy atom. The van der Waals surface area contributed by atoms with Crippen LogP contribution < -0.4 is 10.5 Å². The van der Waals surface area contributed by atoms with Gasteiger partial charge < -0.3 is 15.2 Å². The maximum absolute atomic E-state index is 5.96. The van der Waals surface area contributed by atoms with Gasteiger partial charge in [-0.2, -0.15) is 0 Å². The van der Waals surface area contributed by atoms with Crippen LogP contribution in [0.3, 0.4) is 0 Å². The standard InChI is InChI=1S/C17H28N2O2/c1-13(19-10-11-21-17(12-19)14(2)18)4-5-15-6-8-16(20-3)9-7-15/h6-9,13-14,17H,4-5,10-12,18H2,1-3H3. The molecule has 0 aliphatic carbocycles. The Bertz CT molecular complexity index is 419. The zero-order valence-electron chi connectivity index (χ0n) is 13.4. The van der Waals surface area contributed by atoms with Crippen molar-refractivity contribution in [2.75, 3.05) is 26.8 Å². The third-order valence-corrected chi connectivity index (χ3v) is 4.34. The number of benzene rings is 1. The molecule has 0 saturated carbocycles. The van der Waals surface area contributed by atoms with E-state index in [4.69, 9.17) is 15.2 Å². The van der Waals surface area contributed by atoms with E-state index in [2.05, 4.69) is 24.0 Å². The molecule has 0 radical (unpaired) electrons. The van der Waals surface area contributed by atoms with Crippen molar-refractivity contribution >= 4 is 0 Å². The fraction of sp³-hybridized carbons (Fsp3) is 0.647. The van der Waals surface area contributed by atoms with Crippen molar-refractivity contribution in [3.8, 4) is 5.75 Å². The SMILES string of the molecule is COc1ccc(CCC(C)N2CCOC(C(C)N)C2)cc1. The van der Waals surface area contributed by atoms with Crippen molar-refractivity contribution in [1.29, 1.82) is 0 Å². The van der Waals surface area contributed by atoms with Crippen LogP contribution in [0.2, 0.25) is 0 Å². The average Bonchev–Trinajstić information content (AvgIpc) is 2.53. The van der Waals surface area contributed by atoms with Crippen molar-refractivity contribution in [2.24, 2.45) is 5.73 Å². The van der Waals surface area contributed by atoms with Crippen LogP contribution in [-0.2, 0) is 11.2 Å². The van der Waals surface area contributed by atoms with Gasteiger partial charge in [0, 0.05) is 25.2 Å². The van der Waals surface area contributed by atoms with Crippen LogP contribution in [0.25, 0.3) is 0 Å². The second-order valence-corrected chi connectivity index (χ2v) is 6.00. The Hall–Kier alpha value is -1.10. The molecule has 0 bridgehead atoms. The highest BCUT2D eigenvalue weighted by Gasteiger charge is 2.26. The maximum Gasteiger partial charge on any atom is 0.118 e. The molecule has 1 aliphatic heterocycles. The van der Waals surface area contributed by atoms with Gasteiger partial charge in [0.15, 0.2) is 0 Å². The van der Waals surface area contributed by atoms with E-state index in [-0.39, 0.29) is 12.1 Å². The van der Waals surface area contributed by atoms with Gasteiger partial charge in [-0.05, 0) is 44.4 Å². The average molecular weight is 292 g/mol. The highest BCUT2D eigenvalue weighted by atomic mass is 16.5. The zero-order chi connectivity index (χ0) is 15.2. The summed E-state index contributed by atoms with van der Waals surface area (Å²) in [4.78, 5) is 2.50. The summed E-state index contributed by atoms with van der Waals surface area (Å²) in [5.74, 6) is 0.916. The first-order valence-electron chi connectivity index (χ1n) is 7.84. The van der Waals surface area contributed by atoms with E-state index >= 15 is 0 Å². The summed E-state index contributed by atoms with van der Waals surface area (Å²) in [5.41, 5.74) is 7.32. The van der Waals surface area contributed by atoms with Crippen LogP contribution in [0.5, 0.6) is 5.75 Å². The first-order valence-corrected chi connectivity index (χ1v) is 7.84. The number of aryl methyl sites for hydroxylation is 1. The lowest BCUT2D eigenvalue weighted by molar-refractivity contribution is -0.0501. The van der Waals surface area contributed by atoms with Gasteiger partial charge in [0.2, 0.25) is 0 Å². The number of morpholine rings is 1. The van der Waals surface area contributed by atoms with Crippen LogP contribution in [0.4, 0.5) is 0 Å². The Labute approximate surface area is 128 Å². The van der Waals surface area contributed by atoms with Gasteiger partial charge in [0.05, 0.1) is 19.8 Å². The van der Waals surface area contributed by atoms with E-state index in [1.54, 1.807) is 7.11 Å². The second kappa shape index (κ2) is 7.78. The fourth-order valence-electron chi connectivity index (χ4n) is 2.77. The van der Waals surface area contributed by atoms with Gasteiger partial charge in [0.1, 0.15) is 5.75 Å². The van der Waals surface area contributed by atoms with E-state index < -0.39 is 0 Å². The summed E-state index contributed by atoms with van der Waals surface area (Å²) in [6, 6.07) is 9.01. The van der Waals surface area contributed by atoms with Gasteiger partial charge in [0.25, 0.3) is 0 Å². The number of hydrogen-bond acceptors (Lipinski definition) is 4. The molecule has 0 spiro atoms. The monoisotopic (exact) mass is 292 g/mol. The highest BCUT2D eigenvalue weighted by Crippen LogP contribution is 2.17. The Morgan fingerprint density at radius 1 is 1.33 bits per heavy atom. The minimum atomic E-state index is 0.0987. The summed E-state index contributed by atoms with van der Waals surface area (Å²) in [7, 11) is 1.70. The predicted octanol–water partition coefficient (Wildman–Crippen LogP) is 2.06. The summed E-state index contributed by atoms with van der Waals surface area (Å²) in [6.07, 6.45) is 2.41. The van der Waals surface area contributed by atoms with Crippen LogP contribution in [0.1, 0.15) is 25.8 Å². The molecule has 2 N–H and O–H groups in total. The summed E-state index contributed by atoms with van der Waals surface area (Å²) < 4.78 is 10.9. The molecule has 1 aromatic carbocycles.